The average Bonchev–Trinajstić information content (AvgIpc) is 3.88. The summed E-state index contributed by atoms with van der Waals surface area (Å²) >= 11 is 0. The molecule has 0 amide bonds. The van der Waals surface area contributed by atoms with Gasteiger partial charge in [-0.15, -0.1) is 0 Å². The molecule has 0 spiro atoms. The highest BCUT2D eigenvalue weighted by molar-refractivity contribution is 6.25. The molecule has 0 N–H and O–H groups in total. The highest BCUT2D eigenvalue weighted by Crippen LogP contribution is 2.51. The van der Waals surface area contributed by atoms with Gasteiger partial charge in [-0.3, -0.25) is 0 Å². The minimum atomic E-state index is -0.0960. The van der Waals surface area contributed by atoms with Gasteiger partial charge in [0.25, 0.3) is 0 Å². The molecular weight excluding hydrogens is 857 g/mol. The van der Waals surface area contributed by atoms with Gasteiger partial charge in [-0.1, -0.05) is 196 Å². The third-order valence-electron chi connectivity index (χ3n) is 15.4. The molecule has 334 valence electrons. The van der Waals surface area contributed by atoms with E-state index in [4.69, 9.17) is 0 Å². The highest BCUT2D eigenvalue weighted by atomic mass is 15.1. The number of anilines is 3. The molecular formula is C69H48N2. The Morgan fingerprint density at radius 3 is 1.34 bits per heavy atom. The maximum absolute atomic E-state index is 2.47. The summed E-state index contributed by atoms with van der Waals surface area (Å²) in [6.45, 7) is 4.71. The zero-order chi connectivity index (χ0) is 47.2. The van der Waals surface area contributed by atoms with E-state index in [0.717, 1.165) is 22.7 Å². The molecule has 14 rings (SSSR count). The second-order valence-electron chi connectivity index (χ2n) is 19.7. The van der Waals surface area contributed by atoms with Gasteiger partial charge in [0.2, 0.25) is 0 Å². The van der Waals surface area contributed by atoms with Gasteiger partial charge in [0, 0.05) is 38.9 Å². The van der Waals surface area contributed by atoms with Gasteiger partial charge in [0.15, 0.2) is 0 Å². The van der Waals surface area contributed by atoms with E-state index in [1.807, 2.05) is 0 Å². The van der Waals surface area contributed by atoms with Gasteiger partial charge in [-0.2, -0.15) is 0 Å². The lowest BCUT2D eigenvalue weighted by molar-refractivity contribution is 0.660. The fraction of sp³-hybridized carbons (Fsp3) is 0.0435. The Morgan fingerprint density at radius 1 is 0.282 bits per heavy atom. The predicted octanol–water partition coefficient (Wildman–Crippen LogP) is 19.0. The first-order chi connectivity index (χ1) is 35.0. The molecule has 0 unspecified atom stereocenters. The SMILES string of the molecule is CC1(C)c2ccccc2-c2ccc(N(c3ccccc3)c3ccc(-c4ccc5c(c4)c4cc(-c6ccc(-c7ccccc7)cc6)ccc4n5-c4ccc5c6ccccc6c6ccccc6c5c4)cc3)cc21. The minimum Gasteiger partial charge on any atom is -0.310 e. The first kappa shape index (κ1) is 41.0. The monoisotopic (exact) mass is 904 g/mol. The molecule has 0 saturated heterocycles. The van der Waals surface area contributed by atoms with E-state index in [0.29, 0.717) is 0 Å². The number of aromatic nitrogens is 1. The number of hydrogen-bond acceptors (Lipinski definition) is 1. The minimum absolute atomic E-state index is 0.0960. The lowest BCUT2D eigenvalue weighted by atomic mass is 9.82. The molecule has 12 aromatic carbocycles. The molecule has 1 heterocycles. The summed E-state index contributed by atoms with van der Waals surface area (Å²) in [5.41, 5.74) is 19.4. The van der Waals surface area contributed by atoms with Crippen molar-refractivity contribution in [3.63, 3.8) is 0 Å². The molecule has 0 radical (unpaired) electrons. The smallest absolute Gasteiger partial charge is 0.0541 e. The fourth-order valence-corrected chi connectivity index (χ4v) is 11.8. The van der Waals surface area contributed by atoms with Crippen LogP contribution in [0, 0.1) is 0 Å². The van der Waals surface area contributed by atoms with E-state index >= 15 is 0 Å². The van der Waals surface area contributed by atoms with Crippen LogP contribution in [0.25, 0.3) is 104 Å². The maximum Gasteiger partial charge on any atom is 0.0541 e. The van der Waals surface area contributed by atoms with Crippen LogP contribution >= 0.6 is 0 Å². The standard InChI is InChI=1S/C69H48N2/c1-69(2)65-24-14-13-23-60(65)61-38-36-54(44-66(61)69)70(51-17-7-4-8-18-51)52-33-29-48(30-34-52)50-32-40-68-64(42-50)63-41-49(47-27-25-46(26-28-47)45-15-5-3-6-16-45)31-39-67(63)71(68)53-35-37-59-57-21-10-9-19-55(57)56-20-11-12-22-58(56)62(59)43-53/h3-44H,1-2H3. The Hall–Kier alpha value is -8.98. The summed E-state index contributed by atoms with van der Waals surface area (Å²) < 4.78 is 2.47. The highest BCUT2D eigenvalue weighted by Gasteiger charge is 2.35. The Kier molecular flexibility index (Phi) is 9.28. The third kappa shape index (κ3) is 6.56. The van der Waals surface area contributed by atoms with Gasteiger partial charge < -0.3 is 9.47 Å². The first-order valence-electron chi connectivity index (χ1n) is 24.7. The van der Waals surface area contributed by atoms with E-state index in [2.05, 4.69) is 278 Å². The molecule has 1 aliphatic rings. The van der Waals surface area contributed by atoms with Crippen LogP contribution in [0.5, 0.6) is 0 Å². The van der Waals surface area contributed by atoms with E-state index in [1.165, 1.54) is 110 Å². The summed E-state index contributed by atoms with van der Waals surface area (Å²) in [5, 5.41) is 10.1. The van der Waals surface area contributed by atoms with Crippen molar-refractivity contribution >= 4 is 71.2 Å². The first-order valence-corrected chi connectivity index (χ1v) is 24.7. The normalized spacial score (nSPS) is 12.8. The Balaban J connectivity index is 0.905. The molecule has 1 aliphatic carbocycles. The Bertz CT molecular complexity index is 4180. The number of benzene rings is 12. The Morgan fingerprint density at radius 2 is 0.718 bits per heavy atom. The van der Waals surface area contributed by atoms with Crippen molar-refractivity contribution in [2.24, 2.45) is 0 Å². The van der Waals surface area contributed by atoms with Crippen LogP contribution in [0.15, 0.2) is 255 Å². The van der Waals surface area contributed by atoms with Crippen molar-refractivity contribution in [1.29, 1.82) is 0 Å². The molecule has 71 heavy (non-hydrogen) atoms. The van der Waals surface area contributed by atoms with Gasteiger partial charge in [0.05, 0.1) is 11.0 Å². The molecule has 1 aromatic heterocycles. The molecule has 13 aromatic rings. The van der Waals surface area contributed by atoms with Crippen molar-refractivity contribution < 1.29 is 0 Å². The number of hydrogen-bond donors (Lipinski definition) is 0. The maximum atomic E-state index is 2.47. The molecule has 0 aliphatic heterocycles. The van der Waals surface area contributed by atoms with Crippen LogP contribution in [0.1, 0.15) is 25.0 Å². The van der Waals surface area contributed by atoms with Crippen molar-refractivity contribution in [3.8, 4) is 50.2 Å². The van der Waals surface area contributed by atoms with E-state index in [1.54, 1.807) is 0 Å². The summed E-state index contributed by atoms with van der Waals surface area (Å²) in [5.74, 6) is 0. The van der Waals surface area contributed by atoms with Crippen LogP contribution in [-0.4, -0.2) is 4.57 Å². The second kappa shape index (κ2) is 16.1. The number of para-hydroxylation sites is 1. The van der Waals surface area contributed by atoms with Crippen molar-refractivity contribution in [1.82, 2.24) is 4.57 Å². The van der Waals surface area contributed by atoms with Crippen molar-refractivity contribution in [2.45, 2.75) is 19.3 Å². The lowest BCUT2D eigenvalue weighted by Gasteiger charge is -2.28. The van der Waals surface area contributed by atoms with Gasteiger partial charge in [0.1, 0.15) is 0 Å². The summed E-state index contributed by atoms with van der Waals surface area (Å²) in [4.78, 5) is 2.39. The van der Waals surface area contributed by atoms with Crippen molar-refractivity contribution in [3.05, 3.63) is 266 Å². The zero-order valence-electron chi connectivity index (χ0n) is 39.6. The number of nitrogens with zero attached hydrogens (tertiary/aromatic N) is 2. The van der Waals surface area contributed by atoms with Gasteiger partial charge in [-0.25, -0.2) is 0 Å². The van der Waals surface area contributed by atoms with Gasteiger partial charge in [-0.05, 0) is 161 Å². The molecule has 2 nitrogen and oxygen atoms in total. The zero-order valence-corrected chi connectivity index (χ0v) is 39.6. The molecule has 0 saturated carbocycles. The van der Waals surface area contributed by atoms with Crippen molar-refractivity contribution in [2.75, 3.05) is 4.90 Å². The fourth-order valence-electron chi connectivity index (χ4n) is 11.8. The van der Waals surface area contributed by atoms with Crippen LogP contribution in [0.3, 0.4) is 0 Å². The second-order valence-corrected chi connectivity index (χ2v) is 19.7. The van der Waals surface area contributed by atoms with Crippen LogP contribution in [0.4, 0.5) is 17.1 Å². The third-order valence-corrected chi connectivity index (χ3v) is 15.4. The summed E-state index contributed by atoms with van der Waals surface area (Å²) in [7, 11) is 0. The molecule has 2 heteroatoms. The van der Waals surface area contributed by atoms with E-state index in [9.17, 15) is 0 Å². The van der Waals surface area contributed by atoms with Crippen LogP contribution in [0.2, 0.25) is 0 Å². The Labute approximate surface area is 414 Å². The molecule has 0 fully saturated rings. The number of rotatable bonds is 7. The summed E-state index contributed by atoms with van der Waals surface area (Å²) in [6, 6.07) is 94.2. The van der Waals surface area contributed by atoms with Crippen LogP contribution in [-0.2, 0) is 5.41 Å². The van der Waals surface area contributed by atoms with Gasteiger partial charge >= 0.3 is 0 Å². The predicted molar refractivity (Wildman–Crippen MR) is 302 cm³/mol. The topological polar surface area (TPSA) is 8.17 Å². The summed E-state index contributed by atoms with van der Waals surface area (Å²) in [6.07, 6.45) is 0. The molecule has 0 bridgehead atoms. The molecule has 0 atom stereocenters. The van der Waals surface area contributed by atoms with E-state index in [-0.39, 0.29) is 5.41 Å². The lowest BCUT2D eigenvalue weighted by Crippen LogP contribution is -2.16. The largest absolute Gasteiger partial charge is 0.310 e. The average molecular weight is 905 g/mol. The quantitative estimate of drug-likeness (QED) is 0.145. The number of fused-ring (bicyclic) bond motifs is 12. The van der Waals surface area contributed by atoms with Crippen LogP contribution < -0.4 is 4.90 Å². The van der Waals surface area contributed by atoms with E-state index < -0.39 is 0 Å².